The molecule has 1 aliphatic carbocycles. The van der Waals surface area contributed by atoms with Crippen LogP contribution in [0.25, 0.3) is 10.2 Å². The van der Waals surface area contributed by atoms with E-state index in [9.17, 15) is 13.2 Å². The number of rotatable bonds is 6. The number of fused-ring (bicyclic) bond motifs is 1. The zero-order valence-electron chi connectivity index (χ0n) is 15.4. The van der Waals surface area contributed by atoms with Crippen LogP contribution in [-0.4, -0.2) is 32.5 Å². The van der Waals surface area contributed by atoms with E-state index in [1.807, 2.05) is 19.1 Å². The lowest BCUT2D eigenvalue weighted by molar-refractivity contribution is 0.102. The van der Waals surface area contributed by atoms with Gasteiger partial charge in [-0.05, 0) is 56.2 Å². The maximum Gasteiger partial charge on any atom is 0.255 e. The molecule has 1 amide bonds. The van der Waals surface area contributed by atoms with E-state index in [1.165, 1.54) is 19.2 Å². The van der Waals surface area contributed by atoms with E-state index in [0.717, 1.165) is 28.1 Å². The van der Waals surface area contributed by atoms with Gasteiger partial charge in [0.1, 0.15) is 10.6 Å². The van der Waals surface area contributed by atoms with Crippen molar-refractivity contribution in [2.24, 2.45) is 0 Å². The quantitative estimate of drug-likeness (QED) is 0.641. The normalized spacial score (nSPS) is 14.2. The third-order valence-corrected chi connectivity index (χ3v) is 6.84. The Bertz CT molecular complexity index is 1170. The Hall–Kier alpha value is -2.49. The third kappa shape index (κ3) is 3.87. The summed E-state index contributed by atoms with van der Waals surface area (Å²) in [6, 6.07) is 9.81. The number of carbonyl (C=O) groups is 1. The van der Waals surface area contributed by atoms with Crippen LogP contribution < -0.4 is 14.8 Å². The van der Waals surface area contributed by atoms with E-state index in [0.29, 0.717) is 5.69 Å². The maximum absolute atomic E-state index is 12.7. The van der Waals surface area contributed by atoms with Gasteiger partial charge in [0, 0.05) is 17.3 Å². The van der Waals surface area contributed by atoms with Gasteiger partial charge in [0.15, 0.2) is 0 Å². The minimum Gasteiger partial charge on any atom is -0.495 e. The number of aryl methyl sites for hydroxylation is 1. The molecule has 0 bridgehead atoms. The summed E-state index contributed by atoms with van der Waals surface area (Å²) in [4.78, 5) is 17.0. The Labute approximate surface area is 166 Å². The fourth-order valence-electron chi connectivity index (χ4n) is 2.83. The standard InChI is InChI=1S/C19H19N3O4S2/c1-11-20-15-7-6-14(10-17(15)27-11)21-19(23)12-3-8-16(26-2)18(9-12)28(24,25)22-13-4-5-13/h3,6-10,13,22H,4-5H2,1-2H3,(H,21,23). The Morgan fingerprint density at radius 3 is 2.71 bits per heavy atom. The number of aromatic nitrogens is 1. The number of sulfonamides is 1. The first-order valence-electron chi connectivity index (χ1n) is 8.74. The van der Waals surface area contributed by atoms with Crippen molar-refractivity contribution in [3.05, 3.63) is 47.0 Å². The van der Waals surface area contributed by atoms with Crippen LogP contribution in [0.2, 0.25) is 0 Å². The molecule has 1 heterocycles. The molecule has 146 valence electrons. The lowest BCUT2D eigenvalue weighted by Crippen LogP contribution is -2.26. The number of ether oxygens (including phenoxy) is 1. The molecule has 1 saturated carbocycles. The highest BCUT2D eigenvalue weighted by atomic mass is 32.2. The summed E-state index contributed by atoms with van der Waals surface area (Å²) in [5, 5.41) is 3.76. The van der Waals surface area contributed by atoms with E-state index in [1.54, 1.807) is 23.5 Å². The second kappa shape index (κ2) is 7.16. The Kier molecular flexibility index (Phi) is 4.82. The third-order valence-electron chi connectivity index (χ3n) is 4.37. The zero-order chi connectivity index (χ0) is 19.9. The van der Waals surface area contributed by atoms with Gasteiger partial charge in [-0.1, -0.05) is 0 Å². The molecule has 9 heteroatoms. The molecule has 2 aromatic carbocycles. The lowest BCUT2D eigenvalue weighted by Gasteiger charge is -2.12. The summed E-state index contributed by atoms with van der Waals surface area (Å²) in [6.45, 7) is 1.93. The van der Waals surface area contributed by atoms with Crippen LogP contribution in [0.4, 0.5) is 5.69 Å². The predicted octanol–water partition coefficient (Wildman–Crippen LogP) is 3.31. The van der Waals surface area contributed by atoms with Gasteiger partial charge >= 0.3 is 0 Å². The second-order valence-corrected chi connectivity index (χ2v) is 9.55. The molecule has 4 rings (SSSR count). The highest BCUT2D eigenvalue weighted by molar-refractivity contribution is 7.89. The molecule has 0 atom stereocenters. The van der Waals surface area contributed by atoms with Gasteiger partial charge in [-0.2, -0.15) is 0 Å². The fraction of sp³-hybridized carbons (Fsp3) is 0.263. The van der Waals surface area contributed by atoms with E-state index in [2.05, 4.69) is 15.0 Å². The fourth-order valence-corrected chi connectivity index (χ4v) is 5.20. The predicted molar refractivity (Wildman–Crippen MR) is 109 cm³/mol. The van der Waals surface area contributed by atoms with Crippen molar-refractivity contribution < 1.29 is 17.9 Å². The molecule has 3 aromatic rings. The Balaban J connectivity index is 1.62. The monoisotopic (exact) mass is 417 g/mol. The number of hydrogen-bond donors (Lipinski definition) is 2. The smallest absolute Gasteiger partial charge is 0.255 e. The molecule has 1 aliphatic rings. The lowest BCUT2D eigenvalue weighted by atomic mass is 10.2. The molecular formula is C19H19N3O4S2. The molecule has 7 nitrogen and oxygen atoms in total. The van der Waals surface area contributed by atoms with E-state index in [-0.39, 0.29) is 22.3 Å². The minimum atomic E-state index is -3.76. The van der Waals surface area contributed by atoms with Gasteiger partial charge in [0.2, 0.25) is 10.0 Å². The van der Waals surface area contributed by atoms with Crippen molar-refractivity contribution in [3.8, 4) is 5.75 Å². The second-order valence-electron chi connectivity index (χ2n) is 6.63. The van der Waals surface area contributed by atoms with Crippen LogP contribution in [0.15, 0.2) is 41.3 Å². The van der Waals surface area contributed by atoms with Gasteiger partial charge in [-0.25, -0.2) is 18.1 Å². The first kappa shape index (κ1) is 18.9. The Morgan fingerprint density at radius 2 is 2.00 bits per heavy atom. The molecule has 0 radical (unpaired) electrons. The molecule has 1 fully saturated rings. The van der Waals surface area contributed by atoms with Crippen molar-refractivity contribution in [2.45, 2.75) is 30.7 Å². The summed E-state index contributed by atoms with van der Waals surface area (Å²) in [7, 11) is -2.36. The number of carbonyl (C=O) groups excluding carboxylic acids is 1. The highest BCUT2D eigenvalue weighted by Gasteiger charge is 2.30. The van der Waals surface area contributed by atoms with Gasteiger partial charge < -0.3 is 10.1 Å². The first-order chi connectivity index (χ1) is 13.4. The number of nitrogens with one attached hydrogen (secondary N) is 2. The largest absolute Gasteiger partial charge is 0.495 e. The number of nitrogens with zero attached hydrogens (tertiary/aromatic N) is 1. The van der Waals surface area contributed by atoms with Crippen molar-refractivity contribution in [1.29, 1.82) is 0 Å². The highest BCUT2D eigenvalue weighted by Crippen LogP contribution is 2.29. The molecule has 0 aliphatic heterocycles. The van der Waals surface area contributed by atoms with Crippen LogP contribution in [0, 0.1) is 6.92 Å². The van der Waals surface area contributed by atoms with Crippen molar-refractivity contribution in [2.75, 3.05) is 12.4 Å². The summed E-state index contributed by atoms with van der Waals surface area (Å²) >= 11 is 1.54. The van der Waals surface area contributed by atoms with Crippen molar-refractivity contribution in [1.82, 2.24) is 9.71 Å². The SMILES string of the molecule is COc1ccc(C(=O)Nc2ccc3nc(C)sc3c2)cc1S(=O)(=O)NC1CC1. The van der Waals surface area contributed by atoms with Crippen LogP contribution in [0.5, 0.6) is 5.75 Å². The summed E-state index contributed by atoms with van der Waals surface area (Å²) in [6.07, 6.45) is 1.64. The molecule has 1 aromatic heterocycles. The summed E-state index contributed by atoms with van der Waals surface area (Å²) < 4.78 is 34.0. The zero-order valence-corrected chi connectivity index (χ0v) is 17.0. The summed E-state index contributed by atoms with van der Waals surface area (Å²) in [5.74, 6) is -0.197. The molecule has 28 heavy (non-hydrogen) atoms. The number of benzene rings is 2. The van der Waals surface area contributed by atoms with Crippen LogP contribution >= 0.6 is 11.3 Å². The average Bonchev–Trinajstić information content (AvgIpc) is 3.38. The van der Waals surface area contributed by atoms with E-state index in [4.69, 9.17) is 4.74 Å². The van der Waals surface area contributed by atoms with E-state index < -0.39 is 15.9 Å². The van der Waals surface area contributed by atoms with Crippen LogP contribution in [0.3, 0.4) is 0 Å². The topological polar surface area (TPSA) is 97.4 Å². The molecule has 0 saturated heterocycles. The molecular weight excluding hydrogens is 398 g/mol. The number of amides is 1. The van der Waals surface area contributed by atoms with Crippen molar-refractivity contribution >= 4 is 43.2 Å². The van der Waals surface area contributed by atoms with Crippen LogP contribution in [0.1, 0.15) is 28.2 Å². The molecule has 0 unspecified atom stereocenters. The number of hydrogen-bond acceptors (Lipinski definition) is 6. The molecule has 2 N–H and O–H groups in total. The van der Waals surface area contributed by atoms with Gasteiger partial charge in [-0.15, -0.1) is 11.3 Å². The van der Waals surface area contributed by atoms with Gasteiger partial charge in [0.05, 0.1) is 22.3 Å². The van der Waals surface area contributed by atoms with Crippen molar-refractivity contribution in [3.63, 3.8) is 0 Å². The number of anilines is 1. The minimum absolute atomic E-state index is 0.0388. The number of thiazole rings is 1. The number of methoxy groups -OCH3 is 1. The molecule has 0 spiro atoms. The maximum atomic E-state index is 12.7. The first-order valence-corrected chi connectivity index (χ1v) is 11.0. The van der Waals surface area contributed by atoms with E-state index >= 15 is 0 Å². The summed E-state index contributed by atoms with van der Waals surface area (Å²) in [5.41, 5.74) is 1.74. The average molecular weight is 418 g/mol. The van der Waals surface area contributed by atoms with Gasteiger partial charge in [0.25, 0.3) is 5.91 Å². The van der Waals surface area contributed by atoms with Crippen LogP contribution in [-0.2, 0) is 10.0 Å². The van der Waals surface area contributed by atoms with Gasteiger partial charge in [-0.3, -0.25) is 4.79 Å². The Morgan fingerprint density at radius 1 is 1.21 bits per heavy atom.